The highest BCUT2D eigenvalue weighted by Gasteiger charge is 2.24. The van der Waals surface area contributed by atoms with Gasteiger partial charge in [0.1, 0.15) is 6.61 Å². The zero-order valence-electron chi connectivity index (χ0n) is 12.7. The van der Waals surface area contributed by atoms with Crippen LogP contribution in [-0.4, -0.2) is 37.0 Å². The van der Waals surface area contributed by atoms with Crippen LogP contribution in [0, 0.1) is 0 Å². The van der Waals surface area contributed by atoms with Crippen LogP contribution in [0.3, 0.4) is 0 Å². The number of benzene rings is 1. The average molecular weight is 292 g/mol. The highest BCUT2D eigenvalue weighted by molar-refractivity contribution is 5.89. The van der Waals surface area contributed by atoms with E-state index in [4.69, 9.17) is 9.84 Å². The Morgan fingerprint density at radius 2 is 2.24 bits per heavy atom. The molecule has 0 radical (unpaired) electrons. The molecule has 1 amide bonds. The Morgan fingerprint density at radius 3 is 2.90 bits per heavy atom. The number of aliphatic hydroxyl groups is 1. The lowest BCUT2D eigenvalue weighted by Crippen LogP contribution is -2.29. The Labute approximate surface area is 125 Å². The Hall–Kier alpha value is -1.59. The van der Waals surface area contributed by atoms with Crippen LogP contribution < -0.4 is 10.2 Å². The molecule has 5 nitrogen and oxygen atoms in total. The molecule has 1 aromatic rings. The molecule has 1 saturated heterocycles. The maximum Gasteiger partial charge on any atom is 0.414 e. The highest BCUT2D eigenvalue weighted by atomic mass is 16.6. The summed E-state index contributed by atoms with van der Waals surface area (Å²) in [4.78, 5) is 13.3. The van der Waals surface area contributed by atoms with Crippen LogP contribution in [-0.2, 0) is 4.74 Å². The van der Waals surface area contributed by atoms with Gasteiger partial charge in [-0.3, -0.25) is 4.90 Å². The van der Waals surface area contributed by atoms with E-state index in [1.165, 1.54) is 0 Å². The zero-order valence-corrected chi connectivity index (χ0v) is 12.7. The van der Waals surface area contributed by atoms with E-state index in [-0.39, 0.29) is 18.7 Å². The van der Waals surface area contributed by atoms with Crippen LogP contribution in [0.2, 0.25) is 0 Å². The number of hydrogen-bond acceptors (Lipinski definition) is 4. The largest absolute Gasteiger partial charge is 0.447 e. The Balaban J connectivity index is 2.01. The van der Waals surface area contributed by atoms with Crippen molar-refractivity contribution in [1.82, 2.24) is 5.32 Å². The third kappa shape index (κ3) is 4.19. The summed E-state index contributed by atoms with van der Waals surface area (Å²) in [5, 5.41) is 12.4. The second kappa shape index (κ2) is 7.43. The van der Waals surface area contributed by atoms with Gasteiger partial charge in [0.05, 0.1) is 6.54 Å². The molecular formula is C16H24N2O3. The molecule has 1 aromatic carbocycles. The zero-order chi connectivity index (χ0) is 15.2. The molecule has 0 aliphatic carbocycles. The molecule has 0 bridgehead atoms. The lowest BCUT2D eigenvalue weighted by molar-refractivity contribution is 0.181. The van der Waals surface area contributed by atoms with Crippen molar-refractivity contribution in [3.63, 3.8) is 0 Å². The van der Waals surface area contributed by atoms with E-state index in [2.05, 4.69) is 25.2 Å². The van der Waals surface area contributed by atoms with Gasteiger partial charge >= 0.3 is 6.09 Å². The molecule has 0 spiro atoms. The third-order valence-electron chi connectivity index (χ3n) is 3.77. The van der Waals surface area contributed by atoms with Gasteiger partial charge in [-0.1, -0.05) is 12.1 Å². The first kappa shape index (κ1) is 15.8. The predicted octanol–water partition coefficient (Wildman–Crippen LogP) is 2.45. The smallest absolute Gasteiger partial charge is 0.414 e. The van der Waals surface area contributed by atoms with Gasteiger partial charge in [-0.05, 0) is 44.4 Å². The van der Waals surface area contributed by atoms with Gasteiger partial charge in [-0.2, -0.15) is 0 Å². The Morgan fingerprint density at radius 1 is 1.43 bits per heavy atom. The molecule has 1 aliphatic heterocycles. The summed E-state index contributed by atoms with van der Waals surface area (Å²) in [5.74, 6) is 0. The topological polar surface area (TPSA) is 61.8 Å². The summed E-state index contributed by atoms with van der Waals surface area (Å²) >= 11 is 0. The van der Waals surface area contributed by atoms with Crippen molar-refractivity contribution in [3.05, 3.63) is 29.8 Å². The molecule has 0 saturated carbocycles. The fourth-order valence-electron chi connectivity index (χ4n) is 2.59. The van der Waals surface area contributed by atoms with Gasteiger partial charge in [0.25, 0.3) is 0 Å². The number of rotatable bonds is 7. The number of carbonyl (C=O) groups excluding carboxylic acids is 1. The molecule has 1 heterocycles. The molecule has 1 fully saturated rings. The maximum absolute atomic E-state index is 11.6. The van der Waals surface area contributed by atoms with Crippen molar-refractivity contribution in [3.8, 4) is 0 Å². The normalized spacial score (nSPS) is 17.7. The first-order valence-corrected chi connectivity index (χ1v) is 7.53. The van der Waals surface area contributed by atoms with Gasteiger partial charge < -0.3 is 15.2 Å². The van der Waals surface area contributed by atoms with E-state index >= 15 is 0 Å². The highest BCUT2D eigenvalue weighted by Crippen LogP contribution is 2.23. The Kier molecular flexibility index (Phi) is 5.59. The van der Waals surface area contributed by atoms with Crippen molar-refractivity contribution in [2.75, 3.05) is 24.7 Å². The van der Waals surface area contributed by atoms with E-state index in [0.717, 1.165) is 24.1 Å². The quantitative estimate of drug-likeness (QED) is 0.810. The fourth-order valence-corrected chi connectivity index (χ4v) is 2.59. The van der Waals surface area contributed by atoms with Crippen molar-refractivity contribution in [1.29, 1.82) is 0 Å². The summed E-state index contributed by atoms with van der Waals surface area (Å²) < 4.78 is 4.98. The third-order valence-corrected chi connectivity index (χ3v) is 3.77. The molecule has 2 unspecified atom stereocenters. The second-order valence-electron chi connectivity index (χ2n) is 5.52. The maximum atomic E-state index is 11.6. The molecule has 21 heavy (non-hydrogen) atoms. The first-order chi connectivity index (χ1) is 10.1. The van der Waals surface area contributed by atoms with E-state index in [1.54, 1.807) is 4.90 Å². The molecule has 2 N–H and O–H groups in total. The SMILES string of the molecule is CC(CCCO)NC(C)c1cccc(N2CCOC2=O)c1. The lowest BCUT2D eigenvalue weighted by Gasteiger charge is -2.21. The monoisotopic (exact) mass is 292 g/mol. The molecule has 116 valence electrons. The number of amides is 1. The van der Waals surface area contributed by atoms with Crippen LogP contribution in [0.4, 0.5) is 10.5 Å². The summed E-state index contributed by atoms with van der Waals surface area (Å²) in [6, 6.07) is 8.51. The summed E-state index contributed by atoms with van der Waals surface area (Å²) in [7, 11) is 0. The van der Waals surface area contributed by atoms with Gasteiger partial charge in [-0.25, -0.2) is 4.79 Å². The van der Waals surface area contributed by atoms with Crippen molar-refractivity contribution in [2.45, 2.75) is 38.8 Å². The van der Waals surface area contributed by atoms with Crippen LogP contribution in [0.15, 0.2) is 24.3 Å². The second-order valence-corrected chi connectivity index (χ2v) is 5.52. The van der Waals surface area contributed by atoms with E-state index < -0.39 is 0 Å². The number of aliphatic hydroxyl groups excluding tert-OH is 1. The first-order valence-electron chi connectivity index (χ1n) is 7.53. The average Bonchev–Trinajstić information content (AvgIpc) is 2.91. The molecule has 2 rings (SSSR count). The number of cyclic esters (lactones) is 1. The molecule has 1 aliphatic rings. The minimum Gasteiger partial charge on any atom is -0.447 e. The van der Waals surface area contributed by atoms with E-state index in [9.17, 15) is 4.79 Å². The fraction of sp³-hybridized carbons (Fsp3) is 0.562. The van der Waals surface area contributed by atoms with Crippen molar-refractivity contribution in [2.24, 2.45) is 0 Å². The van der Waals surface area contributed by atoms with Crippen molar-refractivity contribution < 1.29 is 14.6 Å². The van der Waals surface area contributed by atoms with Gasteiger partial charge in [0.2, 0.25) is 0 Å². The Bertz CT molecular complexity index is 478. The van der Waals surface area contributed by atoms with E-state index in [1.807, 2.05) is 18.2 Å². The molecule has 0 aromatic heterocycles. The van der Waals surface area contributed by atoms with Crippen LogP contribution in [0.5, 0.6) is 0 Å². The summed E-state index contributed by atoms with van der Waals surface area (Å²) in [6.45, 7) is 5.52. The number of carbonyl (C=O) groups is 1. The lowest BCUT2D eigenvalue weighted by atomic mass is 10.1. The molecular weight excluding hydrogens is 268 g/mol. The predicted molar refractivity (Wildman–Crippen MR) is 82.5 cm³/mol. The van der Waals surface area contributed by atoms with Gasteiger partial charge in [0.15, 0.2) is 0 Å². The van der Waals surface area contributed by atoms with Crippen LogP contribution in [0.25, 0.3) is 0 Å². The molecule has 2 atom stereocenters. The number of ether oxygens (including phenoxy) is 1. The number of hydrogen-bond donors (Lipinski definition) is 2. The van der Waals surface area contributed by atoms with Crippen LogP contribution in [0.1, 0.15) is 38.3 Å². The van der Waals surface area contributed by atoms with Gasteiger partial charge in [-0.15, -0.1) is 0 Å². The van der Waals surface area contributed by atoms with Crippen LogP contribution >= 0.6 is 0 Å². The number of anilines is 1. The molecule has 5 heteroatoms. The van der Waals surface area contributed by atoms with Crippen molar-refractivity contribution >= 4 is 11.8 Å². The minimum atomic E-state index is -0.274. The summed E-state index contributed by atoms with van der Waals surface area (Å²) in [6.07, 6.45) is 1.48. The summed E-state index contributed by atoms with van der Waals surface area (Å²) in [5.41, 5.74) is 2.02. The number of nitrogens with one attached hydrogen (secondary N) is 1. The van der Waals surface area contributed by atoms with Gasteiger partial charge in [0, 0.05) is 24.4 Å². The number of nitrogens with zero attached hydrogens (tertiary/aromatic N) is 1. The van der Waals surface area contributed by atoms with E-state index in [0.29, 0.717) is 19.2 Å². The minimum absolute atomic E-state index is 0.192. The standard InChI is InChI=1S/C16H24N2O3/c1-12(5-4-9-19)17-13(2)14-6-3-7-15(11-14)18-8-10-21-16(18)20/h3,6-7,11-13,17,19H,4-5,8-10H2,1-2H3.